The van der Waals surface area contributed by atoms with Crippen molar-refractivity contribution >= 4 is 49.8 Å². The number of rotatable bonds is 5. The molecule has 0 unspecified atom stereocenters. The molecule has 0 spiro atoms. The Morgan fingerprint density at radius 3 is 2.93 bits per heavy atom. The van der Waals surface area contributed by atoms with E-state index in [4.69, 9.17) is 5.26 Å². The van der Waals surface area contributed by atoms with Gasteiger partial charge in [0.15, 0.2) is 10.9 Å². The monoisotopic (exact) mass is 446 g/mol. The minimum Gasteiger partial charge on any atom is -0.507 e. The van der Waals surface area contributed by atoms with E-state index in [1.807, 2.05) is 19.9 Å². The summed E-state index contributed by atoms with van der Waals surface area (Å²) in [7, 11) is 0. The molecule has 2 heterocycles. The lowest BCUT2D eigenvalue weighted by Gasteiger charge is -2.10. The van der Waals surface area contributed by atoms with Crippen LogP contribution in [0.5, 0.6) is 5.75 Å². The summed E-state index contributed by atoms with van der Waals surface area (Å²) in [5, 5.41) is 29.2. The number of carbonyl (C=O) groups excluding carboxylic acids is 1. The standard InChI is InChI=1S/C17H15BrN6O2S/c1-9-3-4-11(25)13(18)14(9)21-16(26)12-7-20-17(27-12)22-15-10(2)8-24(23-15)6-5-19/h3-4,7-8,25H,6H2,1-2H3,(H,21,26)(H,20,22,23). The lowest BCUT2D eigenvalue weighted by molar-refractivity contribution is 0.103. The van der Waals surface area contributed by atoms with Gasteiger partial charge in [0.05, 0.1) is 22.4 Å². The number of aromatic nitrogens is 3. The molecule has 0 bridgehead atoms. The van der Waals surface area contributed by atoms with E-state index in [1.54, 1.807) is 18.3 Å². The fraction of sp³-hybridized carbons (Fsp3) is 0.176. The Bertz CT molecular complexity index is 1050. The lowest BCUT2D eigenvalue weighted by atomic mass is 10.2. The zero-order valence-electron chi connectivity index (χ0n) is 14.4. The van der Waals surface area contributed by atoms with E-state index in [-0.39, 0.29) is 18.2 Å². The number of phenolic OH excluding ortho intramolecular Hbond substituents is 1. The summed E-state index contributed by atoms with van der Waals surface area (Å²) < 4.78 is 1.96. The van der Waals surface area contributed by atoms with Gasteiger partial charge in [-0.05, 0) is 41.4 Å². The van der Waals surface area contributed by atoms with E-state index in [2.05, 4.69) is 36.6 Å². The molecule has 3 N–H and O–H groups in total. The molecule has 0 aliphatic carbocycles. The second kappa shape index (κ2) is 7.77. The third-order valence-electron chi connectivity index (χ3n) is 3.70. The molecule has 3 rings (SSSR count). The first kappa shape index (κ1) is 18.9. The van der Waals surface area contributed by atoms with Crippen LogP contribution >= 0.6 is 27.3 Å². The molecule has 0 fully saturated rings. The van der Waals surface area contributed by atoms with Gasteiger partial charge in [-0.15, -0.1) is 0 Å². The molecule has 3 aromatic rings. The van der Waals surface area contributed by atoms with Crippen molar-refractivity contribution in [3.05, 3.63) is 45.0 Å². The molecule has 0 saturated carbocycles. The van der Waals surface area contributed by atoms with Crippen LogP contribution in [0.3, 0.4) is 0 Å². The Morgan fingerprint density at radius 1 is 1.41 bits per heavy atom. The van der Waals surface area contributed by atoms with E-state index >= 15 is 0 Å². The van der Waals surface area contributed by atoms with Crippen molar-refractivity contribution in [2.45, 2.75) is 20.4 Å². The number of nitrogens with one attached hydrogen (secondary N) is 2. The van der Waals surface area contributed by atoms with Crippen molar-refractivity contribution in [1.29, 1.82) is 5.26 Å². The molecule has 0 radical (unpaired) electrons. The first-order chi connectivity index (χ1) is 12.9. The molecule has 10 heteroatoms. The van der Waals surface area contributed by atoms with E-state index in [9.17, 15) is 9.90 Å². The van der Waals surface area contributed by atoms with Gasteiger partial charge in [-0.3, -0.25) is 9.48 Å². The van der Waals surface area contributed by atoms with Gasteiger partial charge in [-0.1, -0.05) is 17.4 Å². The van der Waals surface area contributed by atoms with Crippen LogP contribution < -0.4 is 10.6 Å². The fourth-order valence-electron chi connectivity index (χ4n) is 2.33. The van der Waals surface area contributed by atoms with E-state index in [0.29, 0.717) is 26.0 Å². The van der Waals surface area contributed by atoms with Crippen LogP contribution in [0.15, 0.2) is 29.0 Å². The first-order valence-corrected chi connectivity index (χ1v) is 9.43. The highest BCUT2D eigenvalue weighted by Crippen LogP contribution is 2.35. The molecule has 1 amide bonds. The minimum atomic E-state index is -0.332. The summed E-state index contributed by atoms with van der Waals surface area (Å²) in [5.74, 6) is 0.297. The van der Waals surface area contributed by atoms with Crippen molar-refractivity contribution in [1.82, 2.24) is 14.8 Å². The molecule has 2 aromatic heterocycles. The molecule has 0 atom stereocenters. The molecule has 8 nitrogen and oxygen atoms in total. The third kappa shape index (κ3) is 4.10. The topological polar surface area (TPSA) is 116 Å². The summed E-state index contributed by atoms with van der Waals surface area (Å²) in [6, 6.07) is 5.30. The summed E-state index contributed by atoms with van der Waals surface area (Å²) in [6.07, 6.45) is 3.23. The molecule has 0 aliphatic heterocycles. The Balaban J connectivity index is 1.75. The number of aromatic hydroxyl groups is 1. The number of thiazole rings is 1. The maximum absolute atomic E-state index is 12.5. The number of hydrogen-bond acceptors (Lipinski definition) is 7. The van der Waals surface area contributed by atoms with Gasteiger partial charge in [-0.25, -0.2) is 4.98 Å². The van der Waals surface area contributed by atoms with Crippen molar-refractivity contribution in [3.63, 3.8) is 0 Å². The SMILES string of the molecule is Cc1cn(CC#N)nc1Nc1ncc(C(=O)Nc2c(C)ccc(O)c2Br)s1. The van der Waals surface area contributed by atoms with Gasteiger partial charge in [0.25, 0.3) is 5.91 Å². The average molecular weight is 447 g/mol. The molecule has 138 valence electrons. The number of phenols is 1. The number of nitriles is 1. The van der Waals surface area contributed by atoms with Gasteiger partial charge < -0.3 is 15.7 Å². The van der Waals surface area contributed by atoms with Crippen LogP contribution in [0.25, 0.3) is 0 Å². The van der Waals surface area contributed by atoms with Crippen molar-refractivity contribution < 1.29 is 9.90 Å². The maximum atomic E-state index is 12.5. The van der Waals surface area contributed by atoms with Crippen LogP contribution in [0, 0.1) is 25.2 Å². The van der Waals surface area contributed by atoms with Crippen LogP contribution in [0.4, 0.5) is 16.6 Å². The molecule has 0 saturated heterocycles. The second-order valence-corrected chi connectivity index (χ2v) is 7.54. The number of nitrogens with zero attached hydrogens (tertiary/aromatic N) is 4. The van der Waals surface area contributed by atoms with Crippen molar-refractivity contribution in [2.75, 3.05) is 10.6 Å². The Kier molecular flexibility index (Phi) is 5.43. The number of carbonyl (C=O) groups is 1. The minimum absolute atomic E-state index is 0.0472. The Labute approximate surface area is 167 Å². The summed E-state index contributed by atoms with van der Waals surface area (Å²) in [6.45, 7) is 3.86. The maximum Gasteiger partial charge on any atom is 0.267 e. The number of amides is 1. The summed E-state index contributed by atoms with van der Waals surface area (Å²) in [5.41, 5.74) is 2.19. The Morgan fingerprint density at radius 2 is 2.19 bits per heavy atom. The van der Waals surface area contributed by atoms with Gasteiger partial charge in [0, 0.05) is 11.8 Å². The molecule has 0 aliphatic rings. The van der Waals surface area contributed by atoms with E-state index in [0.717, 1.165) is 11.1 Å². The number of hydrogen-bond donors (Lipinski definition) is 3. The lowest BCUT2D eigenvalue weighted by Crippen LogP contribution is -2.11. The molecular formula is C17H15BrN6O2S. The predicted molar refractivity (Wildman–Crippen MR) is 106 cm³/mol. The van der Waals surface area contributed by atoms with E-state index < -0.39 is 0 Å². The predicted octanol–water partition coefficient (Wildman–Crippen LogP) is 3.94. The van der Waals surface area contributed by atoms with Crippen LogP contribution in [0.1, 0.15) is 20.8 Å². The smallest absolute Gasteiger partial charge is 0.267 e. The zero-order valence-corrected chi connectivity index (χ0v) is 16.8. The van der Waals surface area contributed by atoms with Gasteiger partial charge in [0.1, 0.15) is 17.2 Å². The highest BCUT2D eigenvalue weighted by atomic mass is 79.9. The van der Waals surface area contributed by atoms with E-state index in [1.165, 1.54) is 22.2 Å². The third-order valence-corrected chi connectivity index (χ3v) is 5.41. The summed E-state index contributed by atoms with van der Waals surface area (Å²) >= 11 is 4.46. The number of halogens is 1. The normalized spacial score (nSPS) is 10.4. The average Bonchev–Trinajstić information content (AvgIpc) is 3.23. The van der Waals surface area contributed by atoms with Crippen LogP contribution in [-0.4, -0.2) is 25.8 Å². The number of benzene rings is 1. The second-order valence-electron chi connectivity index (χ2n) is 5.72. The largest absolute Gasteiger partial charge is 0.507 e. The van der Waals surface area contributed by atoms with Crippen LogP contribution in [0.2, 0.25) is 0 Å². The van der Waals surface area contributed by atoms with Crippen molar-refractivity contribution in [2.24, 2.45) is 0 Å². The van der Waals surface area contributed by atoms with Crippen molar-refractivity contribution in [3.8, 4) is 11.8 Å². The van der Waals surface area contributed by atoms with Gasteiger partial charge in [-0.2, -0.15) is 10.4 Å². The fourth-order valence-corrected chi connectivity index (χ4v) is 3.58. The zero-order chi connectivity index (χ0) is 19.6. The molecule has 1 aromatic carbocycles. The quantitative estimate of drug-likeness (QED) is 0.546. The van der Waals surface area contributed by atoms with Gasteiger partial charge in [0.2, 0.25) is 0 Å². The summed E-state index contributed by atoms with van der Waals surface area (Å²) in [4.78, 5) is 17.1. The van der Waals surface area contributed by atoms with Crippen LogP contribution in [-0.2, 0) is 6.54 Å². The highest BCUT2D eigenvalue weighted by Gasteiger charge is 2.16. The highest BCUT2D eigenvalue weighted by molar-refractivity contribution is 9.10. The van der Waals surface area contributed by atoms with Gasteiger partial charge >= 0.3 is 0 Å². The number of anilines is 3. The molecule has 27 heavy (non-hydrogen) atoms. The molecular weight excluding hydrogens is 432 g/mol. The Hall–Kier alpha value is -2.90. The first-order valence-electron chi connectivity index (χ1n) is 7.82. The number of aryl methyl sites for hydroxylation is 2.